The van der Waals surface area contributed by atoms with E-state index in [-0.39, 0.29) is 11.3 Å². The number of aryl methyl sites for hydroxylation is 1. The number of halogens is 3. The molecule has 1 aliphatic rings. The van der Waals surface area contributed by atoms with E-state index < -0.39 is 0 Å². The molecule has 0 radical (unpaired) electrons. The molecule has 1 aromatic carbocycles. The first-order valence-corrected chi connectivity index (χ1v) is 9.40. The molecule has 0 spiro atoms. The Balaban J connectivity index is 2.00. The normalized spacial score (nSPS) is 16.0. The van der Waals surface area contributed by atoms with Crippen LogP contribution in [-0.2, 0) is 6.42 Å². The molecule has 2 aromatic rings. The van der Waals surface area contributed by atoms with Crippen molar-refractivity contribution in [3.63, 3.8) is 0 Å². The average Bonchev–Trinajstić information content (AvgIpc) is 2.69. The zero-order valence-corrected chi connectivity index (χ0v) is 15.7. The molecule has 0 fully saturated rings. The second-order valence-corrected chi connectivity index (χ2v) is 9.10. The summed E-state index contributed by atoms with van der Waals surface area (Å²) in [6, 6.07) is 7.98. The maximum atomic E-state index is 12.1. The first-order chi connectivity index (χ1) is 10.1. The summed E-state index contributed by atoms with van der Waals surface area (Å²) in [5.74, 6) is -0.00113. The summed E-state index contributed by atoms with van der Waals surface area (Å²) in [6.45, 7) is 0.732. The van der Waals surface area contributed by atoms with E-state index in [9.17, 15) is 4.79 Å². The lowest BCUT2D eigenvalue weighted by Crippen LogP contribution is -2.22. The molecule has 1 N–H and O–H groups in total. The Bertz CT molecular complexity index is 701. The number of hydrogen-bond donors (Lipinski definition) is 1. The molecular weight excluding hydrogens is 437 g/mol. The van der Waals surface area contributed by atoms with Gasteiger partial charge in [0.1, 0.15) is 0 Å². The summed E-state index contributed by atoms with van der Waals surface area (Å²) in [5.41, 5.74) is 3.81. The van der Waals surface area contributed by atoms with Crippen molar-refractivity contribution >= 4 is 60.7 Å². The Morgan fingerprint density at radius 3 is 2.81 bits per heavy atom. The second-order valence-electron chi connectivity index (χ2n) is 4.92. The quantitative estimate of drug-likeness (QED) is 0.621. The fourth-order valence-corrected chi connectivity index (χ4v) is 5.87. The molecule has 1 unspecified atom stereocenters. The second kappa shape index (κ2) is 6.41. The summed E-state index contributed by atoms with van der Waals surface area (Å²) >= 11 is 15.2. The van der Waals surface area contributed by atoms with E-state index in [0.717, 1.165) is 49.2 Å². The van der Waals surface area contributed by atoms with Gasteiger partial charge in [-0.2, -0.15) is 0 Å². The lowest BCUT2D eigenvalue weighted by atomic mass is 9.98. The SMILES string of the molecule is O=C1NCCCc2ccc(C(Cl)c3cc(Br)sc3Br)cc21. The highest BCUT2D eigenvalue weighted by molar-refractivity contribution is 9.12. The van der Waals surface area contributed by atoms with Crippen LogP contribution in [0.3, 0.4) is 0 Å². The number of fused-ring (bicyclic) bond motifs is 1. The predicted octanol–water partition coefficient (Wildman–Crippen LogP) is 5.28. The van der Waals surface area contributed by atoms with Crippen LogP contribution in [0, 0.1) is 0 Å². The maximum Gasteiger partial charge on any atom is 0.251 e. The van der Waals surface area contributed by atoms with E-state index in [1.165, 1.54) is 0 Å². The van der Waals surface area contributed by atoms with Gasteiger partial charge in [-0.25, -0.2) is 0 Å². The molecule has 1 aliphatic heterocycles. The number of rotatable bonds is 2. The van der Waals surface area contributed by atoms with Crippen LogP contribution in [0.2, 0.25) is 0 Å². The molecule has 2 nitrogen and oxygen atoms in total. The summed E-state index contributed by atoms with van der Waals surface area (Å²) in [5, 5.41) is 2.65. The molecule has 1 atom stereocenters. The lowest BCUT2D eigenvalue weighted by molar-refractivity contribution is 0.0956. The Labute approximate surface area is 149 Å². The van der Waals surface area contributed by atoms with Crippen LogP contribution in [0.4, 0.5) is 0 Å². The molecule has 1 amide bonds. The molecule has 0 aliphatic carbocycles. The zero-order chi connectivity index (χ0) is 15.0. The Hall–Kier alpha value is -0.360. The number of alkyl halides is 1. The summed E-state index contributed by atoms with van der Waals surface area (Å²) < 4.78 is 2.04. The molecule has 0 bridgehead atoms. The van der Waals surface area contributed by atoms with Crippen molar-refractivity contribution in [3.05, 3.63) is 54.1 Å². The fraction of sp³-hybridized carbons (Fsp3) is 0.267. The monoisotopic (exact) mass is 447 g/mol. The number of benzene rings is 1. The van der Waals surface area contributed by atoms with Crippen LogP contribution in [-0.4, -0.2) is 12.5 Å². The highest BCUT2D eigenvalue weighted by atomic mass is 79.9. The van der Waals surface area contributed by atoms with Gasteiger partial charge in [0.15, 0.2) is 0 Å². The highest BCUT2D eigenvalue weighted by Crippen LogP contribution is 2.41. The van der Waals surface area contributed by atoms with Gasteiger partial charge in [-0.3, -0.25) is 4.79 Å². The third-order valence-corrected chi connectivity index (χ3v) is 6.41. The number of amides is 1. The minimum absolute atomic E-state index is 0.00113. The van der Waals surface area contributed by atoms with Crippen molar-refractivity contribution < 1.29 is 4.79 Å². The van der Waals surface area contributed by atoms with Gasteiger partial charge < -0.3 is 5.32 Å². The number of carbonyl (C=O) groups excluding carboxylic acids is 1. The van der Waals surface area contributed by atoms with Crippen molar-refractivity contribution in [2.75, 3.05) is 6.54 Å². The first kappa shape index (κ1) is 15.5. The summed E-state index contributed by atoms with van der Waals surface area (Å²) in [6.07, 6.45) is 1.90. The third kappa shape index (κ3) is 3.21. The van der Waals surface area contributed by atoms with Crippen LogP contribution in [0.1, 0.15) is 38.8 Å². The van der Waals surface area contributed by atoms with Crippen LogP contribution in [0.5, 0.6) is 0 Å². The van der Waals surface area contributed by atoms with Crippen molar-refractivity contribution in [3.8, 4) is 0 Å². The van der Waals surface area contributed by atoms with Gasteiger partial charge in [-0.15, -0.1) is 22.9 Å². The van der Waals surface area contributed by atoms with Crippen LogP contribution in [0.15, 0.2) is 31.8 Å². The van der Waals surface area contributed by atoms with Crippen molar-refractivity contribution in [1.82, 2.24) is 5.32 Å². The molecule has 110 valence electrons. The number of nitrogens with one attached hydrogen (secondary N) is 1. The van der Waals surface area contributed by atoms with Gasteiger partial charge >= 0.3 is 0 Å². The van der Waals surface area contributed by atoms with E-state index in [2.05, 4.69) is 37.2 Å². The van der Waals surface area contributed by atoms with Gasteiger partial charge in [0, 0.05) is 17.7 Å². The van der Waals surface area contributed by atoms with Crippen LogP contribution in [0.25, 0.3) is 0 Å². The van der Waals surface area contributed by atoms with Gasteiger partial charge in [-0.05, 0) is 68.0 Å². The molecule has 0 saturated heterocycles. The topological polar surface area (TPSA) is 29.1 Å². The highest BCUT2D eigenvalue weighted by Gasteiger charge is 2.21. The Morgan fingerprint density at radius 1 is 1.29 bits per heavy atom. The van der Waals surface area contributed by atoms with Gasteiger partial charge in [0.2, 0.25) is 0 Å². The first-order valence-electron chi connectivity index (χ1n) is 6.56. The molecule has 0 saturated carbocycles. The predicted molar refractivity (Wildman–Crippen MR) is 94.5 cm³/mol. The van der Waals surface area contributed by atoms with Crippen LogP contribution >= 0.6 is 54.8 Å². The van der Waals surface area contributed by atoms with E-state index in [0.29, 0.717) is 0 Å². The van der Waals surface area contributed by atoms with E-state index in [4.69, 9.17) is 11.6 Å². The molecule has 2 heterocycles. The number of thiophene rings is 1. The van der Waals surface area contributed by atoms with Crippen molar-refractivity contribution in [2.45, 2.75) is 18.2 Å². The minimum atomic E-state index is -0.275. The van der Waals surface area contributed by atoms with E-state index in [1.807, 2.05) is 24.3 Å². The van der Waals surface area contributed by atoms with Crippen LogP contribution < -0.4 is 5.32 Å². The van der Waals surface area contributed by atoms with E-state index in [1.54, 1.807) is 11.3 Å². The van der Waals surface area contributed by atoms with Crippen molar-refractivity contribution in [2.24, 2.45) is 0 Å². The third-order valence-electron chi connectivity index (χ3n) is 3.54. The van der Waals surface area contributed by atoms with Gasteiger partial charge in [-0.1, -0.05) is 12.1 Å². The smallest absolute Gasteiger partial charge is 0.251 e. The van der Waals surface area contributed by atoms with Crippen molar-refractivity contribution in [1.29, 1.82) is 0 Å². The summed E-state index contributed by atoms with van der Waals surface area (Å²) in [4.78, 5) is 12.1. The Kier molecular flexibility index (Phi) is 4.74. The molecule has 3 rings (SSSR count). The minimum Gasteiger partial charge on any atom is -0.352 e. The number of hydrogen-bond acceptors (Lipinski definition) is 2. The summed E-state index contributed by atoms with van der Waals surface area (Å²) in [7, 11) is 0. The fourth-order valence-electron chi connectivity index (χ4n) is 2.46. The largest absolute Gasteiger partial charge is 0.352 e. The van der Waals surface area contributed by atoms with Gasteiger partial charge in [0.25, 0.3) is 5.91 Å². The number of carbonyl (C=O) groups is 1. The van der Waals surface area contributed by atoms with E-state index >= 15 is 0 Å². The molecule has 21 heavy (non-hydrogen) atoms. The molecular formula is C15H12Br2ClNOS. The zero-order valence-electron chi connectivity index (χ0n) is 11.0. The molecule has 6 heteroatoms. The average molecular weight is 450 g/mol. The standard InChI is InChI=1S/C15H12Br2ClNOS/c16-12-7-11(14(17)21-12)13(18)9-4-3-8-2-1-5-19-15(20)10(8)6-9/h3-4,6-7,13H,1-2,5H2,(H,19,20). The maximum absolute atomic E-state index is 12.1. The van der Waals surface area contributed by atoms with Gasteiger partial charge in [0.05, 0.1) is 12.9 Å². The lowest BCUT2D eigenvalue weighted by Gasteiger charge is -2.12. The molecule has 1 aromatic heterocycles. The Morgan fingerprint density at radius 2 is 2.10 bits per heavy atom.